The number of hydrogen-bond donors (Lipinski definition) is 2. The van der Waals surface area contributed by atoms with Crippen molar-refractivity contribution in [2.75, 3.05) is 6.54 Å². The molecule has 0 saturated heterocycles. The number of benzene rings is 1. The van der Waals surface area contributed by atoms with E-state index >= 15 is 0 Å². The molecule has 2 N–H and O–H groups in total. The number of rotatable bonds is 5. The van der Waals surface area contributed by atoms with E-state index in [0.29, 0.717) is 17.7 Å². The van der Waals surface area contributed by atoms with E-state index in [9.17, 15) is 13.5 Å². The topological polar surface area (TPSA) is 66.4 Å². The monoisotopic (exact) mass is 283 g/mol. The summed E-state index contributed by atoms with van der Waals surface area (Å²) in [6.45, 7) is 6.06. The van der Waals surface area contributed by atoms with Gasteiger partial charge in [0.2, 0.25) is 10.0 Å². The highest BCUT2D eigenvalue weighted by Gasteiger charge is 2.38. The van der Waals surface area contributed by atoms with Crippen molar-refractivity contribution >= 4 is 10.0 Å². The van der Waals surface area contributed by atoms with Gasteiger partial charge in [-0.1, -0.05) is 13.0 Å². The largest absolute Gasteiger partial charge is 0.392 e. The highest BCUT2D eigenvalue weighted by Crippen LogP contribution is 2.44. The van der Waals surface area contributed by atoms with Gasteiger partial charge in [-0.3, -0.25) is 0 Å². The third kappa shape index (κ3) is 3.16. The summed E-state index contributed by atoms with van der Waals surface area (Å²) in [4.78, 5) is 0.270. The molecule has 0 radical (unpaired) electrons. The number of aliphatic hydroxyl groups excluding tert-OH is 1. The number of nitrogens with one attached hydrogen (secondary N) is 1. The molecular weight excluding hydrogens is 262 g/mol. The predicted octanol–water partition coefficient (Wildman–Crippen LogP) is 1.87. The van der Waals surface area contributed by atoms with E-state index in [4.69, 9.17) is 0 Å². The zero-order valence-electron chi connectivity index (χ0n) is 11.7. The smallest absolute Gasteiger partial charge is 0.240 e. The van der Waals surface area contributed by atoms with Gasteiger partial charge >= 0.3 is 0 Å². The standard InChI is InChI=1S/C14H21NO3S/c1-10-6-11(2)13(7-12(10)8-16)19(17,18)15-9-14(3)4-5-14/h6-7,15-16H,4-5,8-9H2,1-3H3. The molecule has 1 aromatic carbocycles. The molecule has 1 fully saturated rings. The Bertz CT molecular complexity index is 589. The second-order valence-corrected chi connectivity index (χ2v) is 7.57. The lowest BCUT2D eigenvalue weighted by molar-refractivity contribution is 0.280. The van der Waals surface area contributed by atoms with E-state index in [1.807, 2.05) is 6.92 Å². The Morgan fingerprint density at radius 3 is 2.42 bits per heavy atom. The normalized spacial score (nSPS) is 17.5. The van der Waals surface area contributed by atoms with E-state index < -0.39 is 10.0 Å². The molecule has 2 rings (SSSR count). The van der Waals surface area contributed by atoms with Gasteiger partial charge in [-0.2, -0.15) is 0 Å². The number of hydrogen-bond acceptors (Lipinski definition) is 3. The SMILES string of the molecule is Cc1cc(C)c(S(=O)(=O)NCC2(C)CC2)cc1CO. The first kappa shape index (κ1) is 14.5. The summed E-state index contributed by atoms with van der Waals surface area (Å²) >= 11 is 0. The first-order valence-corrected chi connectivity index (χ1v) is 7.96. The molecule has 1 aromatic rings. The molecule has 106 valence electrons. The van der Waals surface area contributed by atoms with Crippen LogP contribution in [0.25, 0.3) is 0 Å². The molecule has 19 heavy (non-hydrogen) atoms. The molecule has 1 aliphatic carbocycles. The van der Waals surface area contributed by atoms with E-state index in [0.717, 1.165) is 18.4 Å². The molecular formula is C14H21NO3S. The molecule has 0 unspecified atom stereocenters. The van der Waals surface area contributed by atoms with Crippen molar-refractivity contribution in [3.63, 3.8) is 0 Å². The van der Waals surface area contributed by atoms with Crippen LogP contribution in [0.3, 0.4) is 0 Å². The third-order valence-corrected chi connectivity index (χ3v) is 5.43. The molecule has 0 aliphatic heterocycles. The molecule has 0 heterocycles. The summed E-state index contributed by atoms with van der Waals surface area (Å²) < 4.78 is 27.3. The predicted molar refractivity (Wildman–Crippen MR) is 74.4 cm³/mol. The number of aryl methyl sites for hydroxylation is 2. The number of aliphatic hydroxyl groups is 1. The van der Waals surface area contributed by atoms with Crippen molar-refractivity contribution in [1.82, 2.24) is 4.72 Å². The molecule has 1 saturated carbocycles. The number of sulfonamides is 1. The fourth-order valence-corrected chi connectivity index (χ4v) is 3.55. The first-order valence-electron chi connectivity index (χ1n) is 6.48. The summed E-state index contributed by atoms with van der Waals surface area (Å²) in [6, 6.07) is 3.38. The van der Waals surface area contributed by atoms with Crippen LogP contribution in [-0.4, -0.2) is 20.1 Å². The maximum Gasteiger partial charge on any atom is 0.240 e. The summed E-state index contributed by atoms with van der Waals surface area (Å²) in [5, 5.41) is 9.25. The van der Waals surface area contributed by atoms with Crippen molar-refractivity contribution in [2.45, 2.75) is 45.1 Å². The van der Waals surface area contributed by atoms with Crippen molar-refractivity contribution in [2.24, 2.45) is 5.41 Å². The van der Waals surface area contributed by atoms with Crippen LogP contribution < -0.4 is 4.72 Å². The second-order valence-electron chi connectivity index (χ2n) is 5.84. The Kier molecular flexibility index (Phi) is 3.73. The van der Waals surface area contributed by atoms with Crippen LogP contribution in [0.4, 0.5) is 0 Å². The minimum atomic E-state index is -3.49. The summed E-state index contributed by atoms with van der Waals surface area (Å²) in [6.07, 6.45) is 2.15. The summed E-state index contributed by atoms with van der Waals surface area (Å²) in [5.74, 6) is 0. The van der Waals surface area contributed by atoms with Crippen LogP contribution in [0, 0.1) is 19.3 Å². The second kappa shape index (κ2) is 4.89. The summed E-state index contributed by atoms with van der Waals surface area (Å²) in [7, 11) is -3.49. The van der Waals surface area contributed by atoms with Gasteiger partial charge in [0.1, 0.15) is 0 Å². The average Bonchev–Trinajstić information content (AvgIpc) is 3.06. The van der Waals surface area contributed by atoms with E-state index in [1.54, 1.807) is 19.1 Å². The highest BCUT2D eigenvalue weighted by molar-refractivity contribution is 7.89. The van der Waals surface area contributed by atoms with Crippen LogP contribution in [0.1, 0.15) is 36.5 Å². The van der Waals surface area contributed by atoms with E-state index in [2.05, 4.69) is 11.6 Å². The molecule has 1 aliphatic rings. The minimum absolute atomic E-state index is 0.130. The molecule has 0 bridgehead atoms. The summed E-state index contributed by atoms with van der Waals surface area (Å²) in [5.41, 5.74) is 2.41. The zero-order chi connectivity index (χ0) is 14.3. The van der Waals surface area contributed by atoms with Gasteiger partial charge in [0.05, 0.1) is 11.5 Å². The Morgan fingerprint density at radius 2 is 1.89 bits per heavy atom. The minimum Gasteiger partial charge on any atom is -0.392 e. The van der Waals surface area contributed by atoms with Crippen LogP contribution in [0.5, 0.6) is 0 Å². The Morgan fingerprint density at radius 1 is 1.26 bits per heavy atom. The Hall–Kier alpha value is -0.910. The molecule has 0 atom stereocenters. The maximum atomic E-state index is 12.3. The molecule has 4 nitrogen and oxygen atoms in total. The lowest BCUT2D eigenvalue weighted by Gasteiger charge is -2.14. The van der Waals surface area contributed by atoms with Crippen LogP contribution in [0.15, 0.2) is 17.0 Å². The fraction of sp³-hybridized carbons (Fsp3) is 0.571. The van der Waals surface area contributed by atoms with Crippen LogP contribution >= 0.6 is 0 Å². The van der Waals surface area contributed by atoms with Gasteiger partial charge in [-0.15, -0.1) is 0 Å². The molecule has 0 amide bonds. The quantitative estimate of drug-likeness (QED) is 0.867. The van der Waals surface area contributed by atoms with Crippen molar-refractivity contribution in [3.8, 4) is 0 Å². The Labute approximate surface area is 114 Å². The van der Waals surface area contributed by atoms with Gasteiger partial charge in [-0.25, -0.2) is 13.1 Å². The molecule has 5 heteroatoms. The third-order valence-electron chi connectivity index (χ3n) is 3.89. The van der Waals surface area contributed by atoms with Gasteiger partial charge in [0.25, 0.3) is 0 Å². The van der Waals surface area contributed by atoms with E-state index in [-0.39, 0.29) is 16.9 Å². The van der Waals surface area contributed by atoms with Gasteiger partial charge < -0.3 is 5.11 Å². The lowest BCUT2D eigenvalue weighted by atomic mass is 10.1. The van der Waals surface area contributed by atoms with Gasteiger partial charge in [0, 0.05) is 6.54 Å². The first-order chi connectivity index (χ1) is 8.77. The van der Waals surface area contributed by atoms with Gasteiger partial charge in [0.15, 0.2) is 0 Å². The van der Waals surface area contributed by atoms with Crippen molar-refractivity contribution in [3.05, 3.63) is 28.8 Å². The van der Waals surface area contributed by atoms with Crippen molar-refractivity contribution in [1.29, 1.82) is 0 Å². The van der Waals surface area contributed by atoms with Gasteiger partial charge in [-0.05, 0) is 54.9 Å². The van der Waals surface area contributed by atoms with Crippen LogP contribution in [-0.2, 0) is 16.6 Å². The zero-order valence-corrected chi connectivity index (χ0v) is 12.5. The average molecular weight is 283 g/mol. The lowest BCUT2D eigenvalue weighted by Crippen LogP contribution is -2.29. The highest BCUT2D eigenvalue weighted by atomic mass is 32.2. The van der Waals surface area contributed by atoms with Crippen molar-refractivity contribution < 1.29 is 13.5 Å². The molecule has 0 spiro atoms. The van der Waals surface area contributed by atoms with Crippen LogP contribution in [0.2, 0.25) is 0 Å². The van der Waals surface area contributed by atoms with E-state index in [1.165, 1.54) is 0 Å². The maximum absolute atomic E-state index is 12.3. The molecule has 0 aromatic heterocycles. The Balaban J connectivity index is 2.28. The fourth-order valence-electron chi connectivity index (χ4n) is 2.07.